The first-order chi connectivity index (χ1) is 13.2. The van der Waals surface area contributed by atoms with Gasteiger partial charge in [0.1, 0.15) is 0 Å². The number of hydrogen-bond donors (Lipinski definition) is 3. The number of fused-ring (bicyclic) bond motifs is 2. The smallest absolute Gasteiger partial charge is 0.252 e. The van der Waals surface area contributed by atoms with Gasteiger partial charge >= 0.3 is 0 Å². The average Bonchev–Trinajstić information content (AvgIpc) is 3.27. The first-order valence-corrected chi connectivity index (χ1v) is 9.71. The van der Waals surface area contributed by atoms with Crippen LogP contribution in [-0.4, -0.2) is 42.0 Å². The zero-order valence-corrected chi connectivity index (χ0v) is 18.1. The van der Waals surface area contributed by atoms with E-state index in [-0.39, 0.29) is 30.7 Å². The lowest BCUT2D eigenvalue weighted by Crippen LogP contribution is -2.42. The largest absolute Gasteiger partial charge is 0.355 e. The molecule has 154 valence electrons. The molecular formula is C21H23Cl3N4O. The van der Waals surface area contributed by atoms with Gasteiger partial charge in [0.15, 0.2) is 0 Å². The Bertz CT molecular complexity index is 1040. The summed E-state index contributed by atoms with van der Waals surface area (Å²) >= 11 is 6.27. The van der Waals surface area contributed by atoms with Crippen LogP contribution in [-0.2, 0) is 13.1 Å². The predicted octanol–water partition coefficient (Wildman–Crippen LogP) is 3.98. The van der Waals surface area contributed by atoms with Crippen LogP contribution in [0.15, 0.2) is 36.4 Å². The average molecular weight is 454 g/mol. The van der Waals surface area contributed by atoms with Gasteiger partial charge in [0, 0.05) is 72.0 Å². The third-order valence-electron chi connectivity index (χ3n) is 5.50. The van der Waals surface area contributed by atoms with E-state index in [0.29, 0.717) is 17.1 Å². The summed E-state index contributed by atoms with van der Waals surface area (Å²) in [7, 11) is 0. The number of aromatic amines is 1. The highest BCUT2D eigenvalue weighted by atomic mass is 35.5. The molecule has 3 aromatic rings. The van der Waals surface area contributed by atoms with Crippen molar-refractivity contribution < 1.29 is 4.79 Å². The number of halogens is 3. The number of carbonyl (C=O) groups excluding carboxylic acids is 1. The molecule has 2 aliphatic rings. The molecule has 2 aromatic carbocycles. The van der Waals surface area contributed by atoms with Crippen molar-refractivity contribution in [3.05, 3.63) is 58.1 Å². The zero-order chi connectivity index (χ0) is 18.4. The Labute approximate surface area is 187 Å². The van der Waals surface area contributed by atoms with Crippen LogP contribution in [0.1, 0.15) is 21.5 Å². The highest BCUT2D eigenvalue weighted by Crippen LogP contribution is 2.34. The first kappa shape index (κ1) is 21.9. The zero-order valence-electron chi connectivity index (χ0n) is 15.8. The molecule has 1 fully saturated rings. The summed E-state index contributed by atoms with van der Waals surface area (Å²) in [6.07, 6.45) is 0. The van der Waals surface area contributed by atoms with Gasteiger partial charge in [-0.25, -0.2) is 0 Å². The summed E-state index contributed by atoms with van der Waals surface area (Å²) < 4.78 is 0. The van der Waals surface area contributed by atoms with Crippen LogP contribution in [0.25, 0.3) is 22.2 Å². The first-order valence-electron chi connectivity index (χ1n) is 9.34. The lowest BCUT2D eigenvalue weighted by molar-refractivity contribution is 0.0966. The number of amides is 1. The molecule has 1 aromatic heterocycles. The van der Waals surface area contributed by atoms with Crippen molar-refractivity contribution in [2.24, 2.45) is 0 Å². The minimum Gasteiger partial charge on any atom is -0.355 e. The number of nitrogens with zero attached hydrogens (tertiary/aromatic N) is 1. The molecule has 1 amide bonds. The monoisotopic (exact) mass is 452 g/mol. The number of aromatic nitrogens is 1. The van der Waals surface area contributed by atoms with Gasteiger partial charge in [0.05, 0.1) is 5.56 Å². The number of piperazine rings is 1. The van der Waals surface area contributed by atoms with Crippen molar-refractivity contribution in [3.63, 3.8) is 0 Å². The molecule has 0 aliphatic carbocycles. The lowest BCUT2D eigenvalue weighted by Gasteiger charge is -2.27. The molecule has 2 aliphatic heterocycles. The Balaban J connectivity index is 0.00000120. The van der Waals surface area contributed by atoms with Gasteiger partial charge < -0.3 is 15.6 Å². The normalized spacial score (nSPS) is 16.1. The molecule has 29 heavy (non-hydrogen) atoms. The van der Waals surface area contributed by atoms with E-state index in [9.17, 15) is 4.79 Å². The Kier molecular flexibility index (Phi) is 6.76. The molecule has 0 spiro atoms. The second kappa shape index (κ2) is 8.94. The van der Waals surface area contributed by atoms with Crippen LogP contribution in [0.3, 0.4) is 0 Å². The van der Waals surface area contributed by atoms with Gasteiger partial charge in [-0.15, -0.1) is 24.8 Å². The van der Waals surface area contributed by atoms with Gasteiger partial charge in [-0.1, -0.05) is 23.7 Å². The molecule has 1 saturated heterocycles. The van der Waals surface area contributed by atoms with Crippen molar-refractivity contribution in [1.29, 1.82) is 0 Å². The van der Waals surface area contributed by atoms with E-state index in [1.165, 1.54) is 10.9 Å². The fourth-order valence-corrected chi connectivity index (χ4v) is 4.31. The number of nitrogens with one attached hydrogen (secondary N) is 3. The van der Waals surface area contributed by atoms with E-state index in [2.05, 4.69) is 44.8 Å². The second-order valence-corrected chi connectivity index (χ2v) is 7.67. The highest BCUT2D eigenvalue weighted by molar-refractivity contribution is 6.32. The van der Waals surface area contributed by atoms with Crippen LogP contribution in [0, 0.1) is 0 Å². The molecule has 0 unspecified atom stereocenters. The molecule has 0 atom stereocenters. The fraction of sp³-hybridized carbons (Fsp3) is 0.286. The SMILES string of the molecule is Cl.Cl.O=C1NCc2c(Cl)ccc(-c3cc4cc(CN5CCNCC5)ccc4[nH]3)c21. The summed E-state index contributed by atoms with van der Waals surface area (Å²) in [5, 5.41) is 8.07. The van der Waals surface area contributed by atoms with Gasteiger partial charge in [-0.3, -0.25) is 9.69 Å². The van der Waals surface area contributed by atoms with Crippen molar-refractivity contribution in [1.82, 2.24) is 20.5 Å². The highest BCUT2D eigenvalue weighted by Gasteiger charge is 2.26. The van der Waals surface area contributed by atoms with Crippen LogP contribution >= 0.6 is 36.4 Å². The Morgan fingerprint density at radius 2 is 1.83 bits per heavy atom. The van der Waals surface area contributed by atoms with Crippen LogP contribution < -0.4 is 10.6 Å². The maximum atomic E-state index is 12.3. The Hall–Kier alpha value is -1.76. The number of carbonyl (C=O) groups is 1. The van der Waals surface area contributed by atoms with Crippen LogP contribution in [0.4, 0.5) is 0 Å². The van der Waals surface area contributed by atoms with Gasteiger partial charge in [-0.05, 0) is 29.8 Å². The minimum atomic E-state index is -0.0550. The van der Waals surface area contributed by atoms with Crippen molar-refractivity contribution in [3.8, 4) is 11.3 Å². The maximum Gasteiger partial charge on any atom is 0.252 e. The molecule has 5 nitrogen and oxygen atoms in total. The molecule has 0 bridgehead atoms. The van der Waals surface area contributed by atoms with Crippen LogP contribution in [0.5, 0.6) is 0 Å². The standard InChI is InChI=1S/C21H21ClN4O.2ClH/c22-17-3-2-15(20-16(17)11-24-21(20)27)19-10-14-9-13(1-4-18(14)25-19)12-26-7-5-23-6-8-26;;/h1-4,9-10,23,25H,5-8,11-12H2,(H,24,27);2*1H. The minimum absolute atomic E-state index is 0. The third-order valence-corrected chi connectivity index (χ3v) is 5.85. The Morgan fingerprint density at radius 1 is 1.03 bits per heavy atom. The van der Waals surface area contributed by atoms with E-state index < -0.39 is 0 Å². The number of rotatable bonds is 3. The van der Waals surface area contributed by atoms with Gasteiger partial charge in [0.25, 0.3) is 5.91 Å². The lowest BCUT2D eigenvalue weighted by atomic mass is 10.0. The van der Waals surface area contributed by atoms with Crippen molar-refractivity contribution in [2.45, 2.75) is 13.1 Å². The summed E-state index contributed by atoms with van der Waals surface area (Å²) in [5.74, 6) is -0.0550. The van der Waals surface area contributed by atoms with Crippen molar-refractivity contribution in [2.75, 3.05) is 26.2 Å². The van der Waals surface area contributed by atoms with E-state index >= 15 is 0 Å². The van der Waals surface area contributed by atoms with Crippen LogP contribution in [0.2, 0.25) is 5.02 Å². The van der Waals surface area contributed by atoms with Gasteiger partial charge in [0.2, 0.25) is 0 Å². The number of hydrogen-bond acceptors (Lipinski definition) is 3. The molecule has 0 radical (unpaired) electrons. The van der Waals surface area contributed by atoms with Crippen molar-refractivity contribution >= 4 is 53.2 Å². The Morgan fingerprint density at radius 3 is 2.62 bits per heavy atom. The number of benzene rings is 2. The molecule has 8 heteroatoms. The number of H-pyrrole nitrogens is 1. The summed E-state index contributed by atoms with van der Waals surface area (Å²) in [6.45, 7) is 5.75. The van der Waals surface area contributed by atoms with E-state index in [1.54, 1.807) is 0 Å². The topological polar surface area (TPSA) is 60.2 Å². The molecule has 5 rings (SSSR count). The third kappa shape index (κ3) is 4.11. The second-order valence-electron chi connectivity index (χ2n) is 7.26. The van der Waals surface area contributed by atoms with Gasteiger partial charge in [-0.2, -0.15) is 0 Å². The molecule has 3 heterocycles. The summed E-state index contributed by atoms with van der Waals surface area (Å²) in [6, 6.07) is 12.5. The predicted molar refractivity (Wildman–Crippen MR) is 123 cm³/mol. The quantitative estimate of drug-likeness (QED) is 0.562. The van der Waals surface area contributed by atoms with E-state index in [1.807, 2.05) is 12.1 Å². The molecular weight excluding hydrogens is 431 g/mol. The maximum absolute atomic E-state index is 12.3. The molecule has 3 N–H and O–H groups in total. The van der Waals surface area contributed by atoms with E-state index in [0.717, 1.165) is 55.1 Å². The summed E-state index contributed by atoms with van der Waals surface area (Å²) in [5.41, 5.74) is 5.83. The van der Waals surface area contributed by atoms with E-state index in [4.69, 9.17) is 11.6 Å². The molecule has 0 saturated carbocycles. The fourth-order valence-electron chi connectivity index (χ4n) is 4.09. The summed E-state index contributed by atoms with van der Waals surface area (Å²) in [4.78, 5) is 18.2.